The Balaban J connectivity index is 1.90. The van der Waals surface area contributed by atoms with Gasteiger partial charge in [-0.1, -0.05) is 48.9 Å². The molecule has 2 aromatic rings. The van der Waals surface area contributed by atoms with E-state index in [1.54, 1.807) is 6.08 Å². The number of carbonyl (C=O) groups excluding carboxylic acids is 2. The standard InChI is InChI=1S/C19H17NO2S/c1-3-14-7-9-16(10-8-14)20-18(21)17(23-19(20)22)12-15-6-4-5-13(2)11-15/h4-12H,3H2,1-2H3/b17-12-. The van der Waals surface area contributed by atoms with Crippen molar-refractivity contribution in [2.45, 2.75) is 20.3 Å². The lowest BCUT2D eigenvalue weighted by Gasteiger charge is -2.12. The third-order valence-corrected chi connectivity index (χ3v) is 4.61. The van der Waals surface area contributed by atoms with Crippen molar-refractivity contribution in [3.05, 3.63) is 70.1 Å². The molecule has 4 heteroatoms. The highest BCUT2D eigenvalue weighted by atomic mass is 32.2. The fraction of sp³-hybridized carbons (Fsp3) is 0.158. The Morgan fingerprint density at radius 3 is 2.48 bits per heavy atom. The number of rotatable bonds is 3. The fourth-order valence-electron chi connectivity index (χ4n) is 2.48. The highest BCUT2D eigenvalue weighted by Gasteiger charge is 2.36. The Kier molecular flexibility index (Phi) is 4.35. The first-order valence-electron chi connectivity index (χ1n) is 7.52. The number of thioether (sulfide) groups is 1. The second-order valence-corrected chi connectivity index (χ2v) is 6.44. The van der Waals surface area contributed by atoms with Gasteiger partial charge in [0.1, 0.15) is 0 Å². The molecule has 0 aromatic heterocycles. The SMILES string of the molecule is CCc1ccc(N2C(=O)S/C(=C\c3cccc(C)c3)C2=O)cc1. The van der Waals surface area contributed by atoms with E-state index in [1.165, 1.54) is 10.5 Å². The van der Waals surface area contributed by atoms with E-state index in [9.17, 15) is 9.59 Å². The minimum atomic E-state index is -0.259. The van der Waals surface area contributed by atoms with Gasteiger partial charge >= 0.3 is 0 Å². The largest absolute Gasteiger partial charge is 0.298 e. The predicted molar refractivity (Wildman–Crippen MR) is 95.4 cm³/mol. The third kappa shape index (κ3) is 3.22. The summed E-state index contributed by atoms with van der Waals surface area (Å²) in [6, 6.07) is 15.4. The molecule has 3 nitrogen and oxygen atoms in total. The van der Waals surface area contributed by atoms with E-state index in [1.807, 2.05) is 55.5 Å². The Labute approximate surface area is 140 Å². The van der Waals surface area contributed by atoms with E-state index in [0.717, 1.165) is 29.3 Å². The fourth-order valence-corrected chi connectivity index (χ4v) is 3.32. The van der Waals surface area contributed by atoms with Crippen molar-refractivity contribution < 1.29 is 9.59 Å². The van der Waals surface area contributed by atoms with Crippen LogP contribution in [0.1, 0.15) is 23.6 Å². The Morgan fingerprint density at radius 1 is 1.09 bits per heavy atom. The number of anilines is 1. The van der Waals surface area contributed by atoms with Crippen molar-refractivity contribution in [2.75, 3.05) is 4.90 Å². The first-order valence-corrected chi connectivity index (χ1v) is 8.33. The van der Waals surface area contributed by atoms with Crippen LogP contribution in [0.2, 0.25) is 0 Å². The molecule has 0 atom stereocenters. The number of hydrogen-bond acceptors (Lipinski definition) is 3. The number of aryl methyl sites for hydroxylation is 2. The van der Waals surface area contributed by atoms with Gasteiger partial charge in [0.2, 0.25) is 0 Å². The maximum absolute atomic E-state index is 12.6. The van der Waals surface area contributed by atoms with Crippen LogP contribution in [-0.2, 0) is 11.2 Å². The summed E-state index contributed by atoms with van der Waals surface area (Å²) in [5.74, 6) is -0.259. The van der Waals surface area contributed by atoms with E-state index in [4.69, 9.17) is 0 Å². The summed E-state index contributed by atoms with van der Waals surface area (Å²) in [4.78, 5) is 26.5. The number of imide groups is 1. The minimum absolute atomic E-state index is 0.252. The van der Waals surface area contributed by atoms with E-state index in [0.29, 0.717) is 10.6 Å². The molecule has 0 bridgehead atoms. The van der Waals surface area contributed by atoms with Gasteiger partial charge < -0.3 is 0 Å². The Hall–Kier alpha value is -2.33. The van der Waals surface area contributed by atoms with Crippen molar-refractivity contribution in [3.8, 4) is 0 Å². The summed E-state index contributed by atoms with van der Waals surface area (Å²) in [7, 11) is 0. The molecule has 1 fully saturated rings. The van der Waals surface area contributed by atoms with Crippen LogP contribution >= 0.6 is 11.8 Å². The quantitative estimate of drug-likeness (QED) is 0.762. The molecule has 1 aliphatic rings. The molecule has 1 aliphatic heterocycles. The summed E-state index contributed by atoms with van der Waals surface area (Å²) in [6.45, 7) is 4.07. The zero-order valence-electron chi connectivity index (χ0n) is 13.1. The summed E-state index contributed by atoms with van der Waals surface area (Å²) in [5.41, 5.74) is 3.85. The second-order valence-electron chi connectivity index (χ2n) is 5.45. The van der Waals surface area contributed by atoms with Gasteiger partial charge in [0.05, 0.1) is 10.6 Å². The molecule has 0 saturated carbocycles. The smallest absolute Gasteiger partial charge is 0.268 e. The molecule has 0 radical (unpaired) electrons. The number of benzene rings is 2. The highest BCUT2D eigenvalue weighted by molar-refractivity contribution is 8.19. The lowest BCUT2D eigenvalue weighted by molar-refractivity contribution is -0.113. The number of nitrogens with zero attached hydrogens (tertiary/aromatic N) is 1. The molecule has 1 heterocycles. The molecule has 0 aliphatic carbocycles. The zero-order valence-corrected chi connectivity index (χ0v) is 13.9. The maximum atomic E-state index is 12.6. The molecule has 2 aromatic carbocycles. The van der Waals surface area contributed by atoms with Crippen LogP contribution in [0.15, 0.2) is 53.4 Å². The van der Waals surface area contributed by atoms with Crippen LogP contribution < -0.4 is 4.90 Å². The molecule has 3 rings (SSSR count). The average molecular weight is 323 g/mol. The predicted octanol–water partition coefficient (Wildman–Crippen LogP) is 4.80. The van der Waals surface area contributed by atoms with Crippen LogP contribution in [-0.4, -0.2) is 11.1 Å². The van der Waals surface area contributed by atoms with Crippen LogP contribution in [0.25, 0.3) is 6.08 Å². The molecule has 2 amide bonds. The van der Waals surface area contributed by atoms with Gasteiger partial charge in [0.25, 0.3) is 11.1 Å². The number of hydrogen-bond donors (Lipinski definition) is 0. The van der Waals surface area contributed by atoms with Gasteiger partial charge in [-0.15, -0.1) is 0 Å². The van der Waals surface area contributed by atoms with Gasteiger partial charge in [-0.3, -0.25) is 9.59 Å². The van der Waals surface area contributed by atoms with Crippen LogP contribution in [0.3, 0.4) is 0 Å². The van der Waals surface area contributed by atoms with Crippen molar-refractivity contribution in [1.29, 1.82) is 0 Å². The van der Waals surface area contributed by atoms with Crippen LogP contribution in [0, 0.1) is 6.92 Å². The summed E-state index contributed by atoms with van der Waals surface area (Å²) >= 11 is 0.986. The topological polar surface area (TPSA) is 37.4 Å². The van der Waals surface area contributed by atoms with Crippen molar-refractivity contribution >= 4 is 34.7 Å². The summed E-state index contributed by atoms with van der Waals surface area (Å²) < 4.78 is 0. The average Bonchev–Trinajstić information content (AvgIpc) is 2.81. The van der Waals surface area contributed by atoms with Crippen molar-refractivity contribution in [3.63, 3.8) is 0 Å². The number of carbonyl (C=O) groups is 2. The van der Waals surface area contributed by atoms with E-state index in [-0.39, 0.29) is 11.1 Å². The Morgan fingerprint density at radius 2 is 1.83 bits per heavy atom. The lowest BCUT2D eigenvalue weighted by Crippen LogP contribution is -2.27. The van der Waals surface area contributed by atoms with Crippen LogP contribution in [0.4, 0.5) is 10.5 Å². The van der Waals surface area contributed by atoms with Crippen molar-refractivity contribution in [2.24, 2.45) is 0 Å². The van der Waals surface area contributed by atoms with E-state index >= 15 is 0 Å². The minimum Gasteiger partial charge on any atom is -0.268 e. The third-order valence-electron chi connectivity index (χ3n) is 3.74. The molecular weight excluding hydrogens is 306 g/mol. The maximum Gasteiger partial charge on any atom is 0.298 e. The summed E-state index contributed by atoms with van der Waals surface area (Å²) in [5, 5.41) is -0.252. The highest BCUT2D eigenvalue weighted by Crippen LogP contribution is 2.35. The van der Waals surface area contributed by atoms with Gasteiger partial charge in [0.15, 0.2) is 0 Å². The molecular formula is C19H17NO2S. The van der Waals surface area contributed by atoms with Gasteiger partial charge in [0, 0.05) is 0 Å². The van der Waals surface area contributed by atoms with Gasteiger partial charge in [-0.05, 0) is 54.4 Å². The first kappa shape index (κ1) is 15.6. The molecule has 23 heavy (non-hydrogen) atoms. The van der Waals surface area contributed by atoms with E-state index in [2.05, 4.69) is 6.92 Å². The van der Waals surface area contributed by atoms with Crippen LogP contribution in [0.5, 0.6) is 0 Å². The van der Waals surface area contributed by atoms with E-state index < -0.39 is 0 Å². The lowest BCUT2D eigenvalue weighted by atomic mass is 10.1. The molecule has 0 N–H and O–H groups in total. The van der Waals surface area contributed by atoms with Gasteiger partial charge in [-0.2, -0.15) is 0 Å². The number of amides is 2. The zero-order chi connectivity index (χ0) is 16.4. The monoisotopic (exact) mass is 323 g/mol. The first-order chi connectivity index (χ1) is 11.1. The second kappa shape index (κ2) is 6.42. The molecule has 1 saturated heterocycles. The normalized spacial score (nSPS) is 16.4. The molecule has 0 spiro atoms. The van der Waals surface area contributed by atoms with Crippen molar-refractivity contribution in [1.82, 2.24) is 0 Å². The molecule has 0 unspecified atom stereocenters. The summed E-state index contributed by atoms with van der Waals surface area (Å²) in [6.07, 6.45) is 2.70. The Bertz CT molecular complexity index is 793. The molecule has 116 valence electrons. The van der Waals surface area contributed by atoms with Gasteiger partial charge in [-0.25, -0.2) is 4.90 Å².